The van der Waals surface area contributed by atoms with E-state index in [0.29, 0.717) is 6.54 Å². The quantitative estimate of drug-likeness (QED) is 0.692. The maximum Gasteiger partial charge on any atom is 0.125 e. The lowest BCUT2D eigenvalue weighted by Gasteiger charge is -2.08. The first-order valence-corrected chi connectivity index (χ1v) is 7.83. The van der Waals surface area contributed by atoms with Gasteiger partial charge in [0.15, 0.2) is 0 Å². The molecule has 2 aromatic heterocycles. The topological polar surface area (TPSA) is 79.6 Å². The molecule has 4 rings (SSSR count). The van der Waals surface area contributed by atoms with Crippen LogP contribution in [-0.4, -0.2) is 21.0 Å². The fourth-order valence-corrected chi connectivity index (χ4v) is 3.11. The molecule has 1 unspecified atom stereocenters. The van der Waals surface area contributed by atoms with Gasteiger partial charge in [-0.05, 0) is 35.6 Å². The fourth-order valence-electron chi connectivity index (χ4n) is 3.11. The largest absolute Gasteiger partial charge is 0.377 e. The molecule has 0 aliphatic heterocycles. The number of pyridine rings is 1. The van der Waals surface area contributed by atoms with E-state index in [-0.39, 0.29) is 6.04 Å². The molecule has 0 saturated heterocycles. The van der Waals surface area contributed by atoms with Crippen LogP contribution in [0, 0.1) is 0 Å². The average molecular weight is 305 g/mol. The van der Waals surface area contributed by atoms with Crippen molar-refractivity contribution in [3.05, 3.63) is 66.0 Å². The van der Waals surface area contributed by atoms with Gasteiger partial charge in [-0.2, -0.15) is 0 Å². The summed E-state index contributed by atoms with van der Waals surface area (Å²) in [6, 6.07) is 8.98. The van der Waals surface area contributed by atoms with Gasteiger partial charge in [0.25, 0.3) is 0 Å². The zero-order valence-corrected chi connectivity index (χ0v) is 12.8. The van der Waals surface area contributed by atoms with Gasteiger partial charge in [-0.25, -0.2) is 4.98 Å². The first-order chi connectivity index (χ1) is 11.3. The summed E-state index contributed by atoms with van der Waals surface area (Å²) < 4.78 is 0. The third-order valence-corrected chi connectivity index (χ3v) is 4.26. The highest BCUT2D eigenvalue weighted by Crippen LogP contribution is 2.28. The fraction of sp³-hybridized carbons (Fsp3) is 0.222. The van der Waals surface area contributed by atoms with Crippen molar-refractivity contribution in [2.45, 2.75) is 25.4 Å². The van der Waals surface area contributed by atoms with Crippen molar-refractivity contribution in [3.63, 3.8) is 0 Å². The van der Waals surface area contributed by atoms with E-state index in [9.17, 15) is 0 Å². The number of H-pyrrole nitrogens is 1. The minimum Gasteiger partial charge on any atom is -0.377 e. The molecule has 4 N–H and O–H groups in total. The van der Waals surface area contributed by atoms with Crippen LogP contribution in [0.5, 0.6) is 0 Å². The number of aromatic nitrogens is 3. The van der Waals surface area contributed by atoms with Crippen molar-refractivity contribution in [3.8, 4) is 11.1 Å². The minimum atomic E-state index is 0.264. The number of nitrogens with one attached hydrogen (secondary N) is 2. The lowest BCUT2D eigenvalue weighted by molar-refractivity contribution is 0.721. The van der Waals surface area contributed by atoms with Gasteiger partial charge < -0.3 is 16.0 Å². The van der Waals surface area contributed by atoms with E-state index < -0.39 is 0 Å². The summed E-state index contributed by atoms with van der Waals surface area (Å²) in [6.45, 7) is 0.650. The number of rotatable bonds is 4. The van der Waals surface area contributed by atoms with E-state index in [2.05, 4.69) is 44.5 Å². The minimum absolute atomic E-state index is 0.264. The summed E-state index contributed by atoms with van der Waals surface area (Å²) in [4.78, 5) is 11.6. The number of imidazole rings is 1. The Bertz CT molecular complexity index is 810. The Hall–Kier alpha value is -2.66. The van der Waals surface area contributed by atoms with Gasteiger partial charge in [0, 0.05) is 36.4 Å². The molecule has 0 fully saturated rings. The molecule has 1 aromatic carbocycles. The van der Waals surface area contributed by atoms with Crippen LogP contribution in [0.1, 0.15) is 17.0 Å². The summed E-state index contributed by atoms with van der Waals surface area (Å²) in [7, 11) is 0. The highest BCUT2D eigenvalue weighted by Gasteiger charge is 2.18. The summed E-state index contributed by atoms with van der Waals surface area (Å²) in [5.74, 6) is 0.905. The zero-order chi connectivity index (χ0) is 15.6. The van der Waals surface area contributed by atoms with Crippen LogP contribution in [0.2, 0.25) is 0 Å². The van der Waals surface area contributed by atoms with Gasteiger partial charge in [-0.3, -0.25) is 4.98 Å². The molecular formula is C18H19N5. The molecule has 3 aromatic rings. The number of benzene rings is 1. The first-order valence-electron chi connectivity index (χ1n) is 7.83. The van der Waals surface area contributed by atoms with Gasteiger partial charge in [-0.15, -0.1) is 0 Å². The molecule has 5 nitrogen and oxygen atoms in total. The van der Waals surface area contributed by atoms with Gasteiger partial charge in [0.2, 0.25) is 0 Å². The number of fused-ring (bicyclic) bond motifs is 1. The zero-order valence-electron chi connectivity index (χ0n) is 12.8. The molecule has 23 heavy (non-hydrogen) atoms. The van der Waals surface area contributed by atoms with Gasteiger partial charge >= 0.3 is 0 Å². The normalized spacial score (nSPS) is 16.3. The molecule has 1 atom stereocenters. The van der Waals surface area contributed by atoms with Gasteiger partial charge in [0.1, 0.15) is 5.82 Å². The Morgan fingerprint density at radius 2 is 2.04 bits per heavy atom. The molecular weight excluding hydrogens is 286 g/mol. The highest BCUT2D eigenvalue weighted by atomic mass is 15.0. The monoisotopic (exact) mass is 305 g/mol. The molecule has 0 spiro atoms. The lowest BCUT2D eigenvalue weighted by Crippen LogP contribution is -2.18. The maximum absolute atomic E-state index is 6.05. The van der Waals surface area contributed by atoms with E-state index in [1.54, 1.807) is 6.20 Å². The van der Waals surface area contributed by atoms with Crippen LogP contribution in [-0.2, 0) is 19.4 Å². The summed E-state index contributed by atoms with van der Waals surface area (Å²) >= 11 is 0. The van der Waals surface area contributed by atoms with Gasteiger partial charge in [-0.1, -0.05) is 18.2 Å². The van der Waals surface area contributed by atoms with Crippen molar-refractivity contribution < 1.29 is 0 Å². The van der Waals surface area contributed by atoms with E-state index in [4.69, 9.17) is 5.73 Å². The SMILES string of the molecule is NC1Cc2ccc(-c3cncc(NCc4ncc[nH]4)c3)cc2C1. The average Bonchev–Trinajstić information content (AvgIpc) is 3.20. The lowest BCUT2D eigenvalue weighted by atomic mass is 10.0. The Balaban J connectivity index is 1.55. The predicted octanol–water partition coefficient (Wildman–Crippen LogP) is 2.51. The maximum atomic E-state index is 6.05. The van der Waals surface area contributed by atoms with Crippen LogP contribution in [0.25, 0.3) is 11.1 Å². The van der Waals surface area contributed by atoms with E-state index >= 15 is 0 Å². The summed E-state index contributed by atoms with van der Waals surface area (Å²) in [5.41, 5.74) is 12.1. The first kappa shape index (κ1) is 14.0. The number of anilines is 1. The molecule has 2 heterocycles. The van der Waals surface area contributed by atoms with E-state index in [1.165, 1.54) is 16.7 Å². The molecule has 0 amide bonds. The number of aromatic amines is 1. The van der Waals surface area contributed by atoms with Crippen LogP contribution >= 0.6 is 0 Å². The van der Waals surface area contributed by atoms with Crippen molar-refractivity contribution in [2.24, 2.45) is 5.73 Å². The third-order valence-electron chi connectivity index (χ3n) is 4.26. The molecule has 0 radical (unpaired) electrons. The highest BCUT2D eigenvalue weighted by molar-refractivity contribution is 5.68. The summed E-state index contributed by atoms with van der Waals surface area (Å²) in [6.07, 6.45) is 9.25. The Kier molecular flexibility index (Phi) is 3.55. The second kappa shape index (κ2) is 5.85. The third kappa shape index (κ3) is 2.96. The molecule has 1 aliphatic carbocycles. The van der Waals surface area contributed by atoms with Crippen LogP contribution in [0.15, 0.2) is 49.1 Å². The Labute approximate surface area is 135 Å². The second-order valence-corrected chi connectivity index (χ2v) is 6.00. The van der Waals surface area contributed by atoms with Crippen molar-refractivity contribution in [1.82, 2.24) is 15.0 Å². The van der Waals surface area contributed by atoms with Gasteiger partial charge in [0.05, 0.1) is 12.2 Å². The van der Waals surface area contributed by atoms with Crippen molar-refractivity contribution in [1.29, 1.82) is 0 Å². The smallest absolute Gasteiger partial charge is 0.125 e. The van der Waals surface area contributed by atoms with Crippen LogP contribution < -0.4 is 11.1 Å². The Morgan fingerprint density at radius 1 is 1.13 bits per heavy atom. The molecule has 0 saturated carbocycles. The standard InChI is InChI=1S/C18H19N5/c19-16-6-13-2-1-12(5-14(13)7-16)15-8-17(10-20-9-15)23-11-18-21-3-4-22-18/h1-5,8-10,16,23H,6-7,11,19H2,(H,21,22). The van der Waals surface area contributed by atoms with Crippen molar-refractivity contribution >= 4 is 5.69 Å². The number of nitrogens with two attached hydrogens (primary N) is 1. The molecule has 116 valence electrons. The van der Waals surface area contributed by atoms with Crippen LogP contribution in [0.4, 0.5) is 5.69 Å². The summed E-state index contributed by atoms with van der Waals surface area (Å²) in [5, 5.41) is 3.34. The van der Waals surface area contributed by atoms with Crippen LogP contribution in [0.3, 0.4) is 0 Å². The Morgan fingerprint density at radius 3 is 2.91 bits per heavy atom. The van der Waals surface area contributed by atoms with Crippen molar-refractivity contribution in [2.75, 3.05) is 5.32 Å². The molecule has 5 heteroatoms. The van der Waals surface area contributed by atoms with E-state index in [1.807, 2.05) is 18.6 Å². The number of nitrogens with zero attached hydrogens (tertiary/aromatic N) is 2. The number of hydrogen-bond acceptors (Lipinski definition) is 4. The second-order valence-electron chi connectivity index (χ2n) is 6.00. The predicted molar refractivity (Wildman–Crippen MR) is 91.0 cm³/mol. The van der Waals surface area contributed by atoms with E-state index in [0.717, 1.165) is 29.9 Å². The molecule has 0 bridgehead atoms. The number of hydrogen-bond donors (Lipinski definition) is 3. The molecule has 1 aliphatic rings.